The van der Waals surface area contributed by atoms with E-state index in [9.17, 15) is 19.5 Å². The van der Waals surface area contributed by atoms with Crippen LogP contribution in [0, 0.1) is 5.92 Å². The highest BCUT2D eigenvalue weighted by Gasteiger charge is 2.35. The van der Waals surface area contributed by atoms with Gasteiger partial charge in [0.05, 0.1) is 18.2 Å². The van der Waals surface area contributed by atoms with Gasteiger partial charge in [0.15, 0.2) is 0 Å². The van der Waals surface area contributed by atoms with E-state index in [1.165, 1.54) is 0 Å². The number of nitrogens with one attached hydrogen (secondary N) is 3. The van der Waals surface area contributed by atoms with E-state index in [0.717, 1.165) is 16.7 Å². The predicted molar refractivity (Wildman–Crippen MR) is 174 cm³/mol. The number of benzene rings is 3. The molecular formula is C36H47N3O6. The lowest BCUT2D eigenvalue weighted by atomic mass is 9.91. The number of hydrogen-bond donors (Lipinski definition) is 4. The van der Waals surface area contributed by atoms with Gasteiger partial charge in [-0.2, -0.15) is 0 Å². The number of aliphatic hydroxyl groups excluding tert-OH is 1. The van der Waals surface area contributed by atoms with Crippen molar-refractivity contribution in [2.45, 2.75) is 90.3 Å². The molecule has 0 aromatic heterocycles. The van der Waals surface area contributed by atoms with E-state index >= 15 is 0 Å². The van der Waals surface area contributed by atoms with Gasteiger partial charge in [-0.15, -0.1) is 0 Å². The summed E-state index contributed by atoms with van der Waals surface area (Å²) in [5.41, 5.74) is 1.86. The predicted octanol–water partition coefficient (Wildman–Crippen LogP) is 5.55. The van der Waals surface area contributed by atoms with Gasteiger partial charge in [0.25, 0.3) is 0 Å². The summed E-state index contributed by atoms with van der Waals surface area (Å²) in [5.74, 6) is -0.694. The van der Waals surface area contributed by atoms with E-state index in [1.54, 1.807) is 20.8 Å². The van der Waals surface area contributed by atoms with E-state index in [-0.39, 0.29) is 18.9 Å². The summed E-state index contributed by atoms with van der Waals surface area (Å²) in [7, 11) is 0. The summed E-state index contributed by atoms with van der Waals surface area (Å²) in [4.78, 5) is 39.5. The minimum Gasteiger partial charge on any atom is -0.445 e. The molecule has 9 nitrogen and oxygen atoms in total. The van der Waals surface area contributed by atoms with Gasteiger partial charge in [-0.05, 0) is 56.2 Å². The molecule has 0 fully saturated rings. The van der Waals surface area contributed by atoms with Crippen molar-refractivity contribution < 1.29 is 29.0 Å². The highest BCUT2D eigenvalue weighted by atomic mass is 16.6. The van der Waals surface area contributed by atoms with E-state index in [0.29, 0.717) is 12.8 Å². The molecule has 0 saturated carbocycles. The molecule has 0 spiro atoms. The van der Waals surface area contributed by atoms with Crippen molar-refractivity contribution in [2.24, 2.45) is 5.92 Å². The van der Waals surface area contributed by atoms with Crippen LogP contribution in [0.1, 0.15) is 57.7 Å². The second kappa shape index (κ2) is 17.2. The number of aliphatic hydroxyl groups is 1. The Balaban J connectivity index is 1.84. The summed E-state index contributed by atoms with van der Waals surface area (Å²) in [6, 6.07) is 25.7. The van der Waals surface area contributed by atoms with Crippen LogP contribution in [0.3, 0.4) is 0 Å². The van der Waals surface area contributed by atoms with Crippen LogP contribution in [-0.2, 0) is 33.7 Å². The van der Waals surface area contributed by atoms with E-state index in [2.05, 4.69) is 16.0 Å². The molecule has 3 amide bonds. The number of hydrogen-bond acceptors (Lipinski definition) is 6. The number of alkyl carbamates (subject to hydrolysis) is 2. The first kappa shape index (κ1) is 35.1. The van der Waals surface area contributed by atoms with E-state index in [1.807, 2.05) is 105 Å². The van der Waals surface area contributed by atoms with Crippen LogP contribution in [-0.4, -0.2) is 53.0 Å². The molecule has 0 heterocycles. The van der Waals surface area contributed by atoms with Crippen LogP contribution in [0.25, 0.3) is 0 Å². The number of rotatable bonds is 14. The zero-order chi connectivity index (χ0) is 32.8. The maximum Gasteiger partial charge on any atom is 0.408 e. The summed E-state index contributed by atoms with van der Waals surface area (Å²) >= 11 is 0. The van der Waals surface area contributed by atoms with Gasteiger partial charge < -0.3 is 30.5 Å². The van der Waals surface area contributed by atoms with E-state index < -0.39 is 47.9 Å². The summed E-state index contributed by atoms with van der Waals surface area (Å²) in [6.07, 6.45) is -1.42. The third-order valence-corrected chi connectivity index (χ3v) is 7.43. The summed E-state index contributed by atoms with van der Waals surface area (Å²) < 4.78 is 10.9. The second-order valence-corrected chi connectivity index (χ2v) is 12.3. The van der Waals surface area contributed by atoms with Gasteiger partial charge in [-0.25, -0.2) is 9.59 Å². The lowest BCUT2D eigenvalue weighted by Crippen LogP contribution is -2.59. The Morgan fingerprint density at radius 1 is 0.711 bits per heavy atom. The average Bonchev–Trinajstić information content (AvgIpc) is 3.01. The van der Waals surface area contributed by atoms with Crippen molar-refractivity contribution in [3.05, 3.63) is 108 Å². The molecule has 5 atom stereocenters. The monoisotopic (exact) mass is 617 g/mol. The fourth-order valence-corrected chi connectivity index (χ4v) is 4.86. The summed E-state index contributed by atoms with van der Waals surface area (Å²) in [6.45, 7) is 9.15. The van der Waals surface area contributed by atoms with Crippen LogP contribution in [0.5, 0.6) is 0 Å². The molecule has 0 radical (unpaired) electrons. The third kappa shape index (κ3) is 12.3. The molecule has 3 rings (SSSR count). The van der Waals surface area contributed by atoms with Crippen molar-refractivity contribution in [2.75, 3.05) is 0 Å². The van der Waals surface area contributed by atoms with Crippen LogP contribution >= 0.6 is 0 Å². The molecule has 3 aromatic rings. The molecule has 0 aliphatic rings. The van der Waals surface area contributed by atoms with Crippen molar-refractivity contribution in [3.63, 3.8) is 0 Å². The van der Waals surface area contributed by atoms with Crippen LogP contribution in [0.4, 0.5) is 9.59 Å². The molecule has 9 heteroatoms. The minimum absolute atomic E-state index is 0.0639. The molecule has 4 N–H and O–H groups in total. The molecule has 0 saturated heterocycles. The minimum atomic E-state index is -1.22. The first-order valence-electron chi connectivity index (χ1n) is 15.5. The number of amides is 3. The van der Waals surface area contributed by atoms with Crippen molar-refractivity contribution in [1.82, 2.24) is 16.0 Å². The normalized spacial score (nSPS) is 14.6. The zero-order valence-corrected chi connectivity index (χ0v) is 26.9. The Labute approximate surface area is 266 Å². The Morgan fingerprint density at radius 3 is 1.64 bits per heavy atom. The third-order valence-electron chi connectivity index (χ3n) is 7.43. The molecule has 0 aliphatic carbocycles. The first-order valence-corrected chi connectivity index (χ1v) is 15.5. The molecule has 45 heavy (non-hydrogen) atoms. The number of carbonyl (C=O) groups is 3. The number of carbonyl (C=O) groups excluding carboxylic acids is 3. The Kier molecular flexibility index (Phi) is 13.4. The van der Waals surface area contributed by atoms with Gasteiger partial charge in [-0.1, -0.05) is 111 Å². The lowest BCUT2D eigenvalue weighted by Gasteiger charge is -2.33. The summed E-state index contributed by atoms with van der Waals surface area (Å²) in [5, 5.41) is 20.4. The standard InChI is InChI=1S/C36H47N3O6/c1-6-25(2)31(39-34(42)44-24-28-20-14-9-15-21-28)33(41)37-29(22-26-16-10-7-11-17-26)32(40)30(23-27-18-12-8-13-19-27)38-35(43)45-36(3,4)5/h7-21,25,29-32,40H,6,22-24H2,1-5H3,(H,37,41)(H,38,43)(H,39,42)/t25-,29?,30?,31-,32?/m0/s1. The van der Waals surface area contributed by atoms with Gasteiger partial charge in [-0.3, -0.25) is 4.79 Å². The van der Waals surface area contributed by atoms with Gasteiger partial charge in [0.2, 0.25) is 5.91 Å². The molecule has 242 valence electrons. The Bertz CT molecular complexity index is 1330. The first-order chi connectivity index (χ1) is 21.4. The van der Waals surface area contributed by atoms with E-state index in [4.69, 9.17) is 9.47 Å². The maximum atomic E-state index is 13.8. The SMILES string of the molecule is CC[C@H](C)[C@H](NC(=O)OCc1ccccc1)C(=O)NC(Cc1ccccc1)C(O)C(Cc1ccccc1)NC(=O)OC(C)(C)C. The van der Waals surface area contributed by atoms with Crippen molar-refractivity contribution >= 4 is 18.1 Å². The van der Waals surface area contributed by atoms with Gasteiger partial charge >= 0.3 is 12.2 Å². The highest BCUT2D eigenvalue weighted by Crippen LogP contribution is 2.17. The fourth-order valence-electron chi connectivity index (χ4n) is 4.86. The Morgan fingerprint density at radius 2 is 1.18 bits per heavy atom. The second-order valence-electron chi connectivity index (χ2n) is 12.3. The van der Waals surface area contributed by atoms with Crippen molar-refractivity contribution in [1.29, 1.82) is 0 Å². The van der Waals surface area contributed by atoms with Crippen LogP contribution < -0.4 is 16.0 Å². The Hall–Kier alpha value is -4.37. The average molecular weight is 618 g/mol. The van der Waals surface area contributed by atoms with Crippen LogP contribution in [0.15, 0.2) is 91.0 Å². The fraction of sp³-hybridized carbons (Fsp3) is 0.417. The van der Waals surface area contributed by atoms with Crippen molar-refractivity contribution in [3.8, 4) is 0 Å². The van der Waals surface area contributed by atoms with Gasteiger partial charge in [0, 0.05) is 0 Å². The molecular weight excluding hydrogens is 570 g/mol. The molecule has 3 aromatic carbocycles. The van der Waals surface area contributed by atoms with Gasteiger partial charge in [0.1, 0.15) is 18.2 Å². The smallest absolute Gasteiger partial charge is 0.408 e. The molecule has 0 bridgehead atoms. The molecule has 3 unspecified atom stereocenters. The van der Waals surface area contributed by atoms with Crippen LogP contribution in [0.2, 0.25) is 0 Å². The lowest BCUT2D eigenvalue weighted by molar-refractivity contribution is -0.126. The highest BCUT2D eigenvalue weighted by molar-refractivity contribution is 5.86. The number of ether oxygens (including phenoxy) is 2. The quantitative estimate of drug-likeness (QED) is 0.188. The molecule has 0 aliphatic heterocycles. The largest absolute Gasteiger partial charge is 0.445 e. The zero-order valence-electron chi connectivity index (χ0n) is 26.9. The topological polar surface area (TPSA) is 126 Å². The maximum absolute atomic E-state index is 13.8.